The maximum atomic E-state index is 12.5. The molecular weight excluding hydrogens is 356 g/mol. The molecule has 1 amide bonds. The largest absolute Gasteiger partial charge is 0.491 e. The number of para-hydroxylation sites is 2. The number of amides is 1. The molecule has 1 aromatic rings. The zero-order chi connectivity index (χ0) is 20.0. The van der Waals surface area contributed by atoms with Crippen molar-refractivity contribution in [3.63, 3.8) is 0 Å². The van der Waals surface area contributed by atoms with Crippen molar-refractivity contribution in [2.45, 2.75) is 65.0 Å². The van der Waals surface area contributed by atoms with Crippen molar-refractivity contribution in [3.8, 4) is 5.75 Å². The normalized spacial score (nSPS) is 15.4. The molecule has 1 aliphatic heterocycles. The second-order valence-electron chi connectivity index (χ2n) is 7.15. The standard InChI is InChI=1S/C22H36N2O4/c1-3-5-6-7-12-17-27-20-14-9-8-13-19(20)23-22(25)28-21(18-26-4-2)24-15-10-11-16-24/h8-9,13-14,21H,3-7,10-12,15-18H2,1-2H3,(H,23,25). The smallest absolute Gasteiger partial charge is 0.413 e. The first kappa shape index (κ1) is 22.5. The van der Waals surface area contributed by atoms with Crippen LogP contribution >= 0.6 is 0 Å². The third-order valence-corrected chi connectivity index (χ3v) is 4.88. The topological polar surface area (TPSA) is 60.0 Å². The Bertz CT molecular complexity index is 561. The summed E-state index contributed by atoms with van der Waals surface area (Å²) in [5.74, 6) is 0.678. The Labute approximate surface area is 169 Å². The van der Waals surface area contributed by atoms with E-state index in [1.807, 2.05) is 31.2 Å². The van der Waals surface area contributed by atoms with Crippen molar-refractivity contribution in [1.29, 1.82) is 0 Å². The molecule has 1 atom stereocenters. The molecule has 0 saturated carbocycles. The first-order valence-corrected chi connectivity index (χ1v) is 10.8. The maximum absolute atomic E-state index is 12.5. The number of nitrogens with one attached hydrogen (secondary N) is 1. The summed E-state index contributed by atoms with van der Waals surface area (Å²) in [6, 6.07) is 7.49. The fourth-order valence-corrected chi connectivity index (χ4v) is 3.31. The number of benzene rings is 1. The Kier molecular flexibility index (Phi) is 10.8. The van der Waals surface area contributed by atoms with Crippen LogP contribution in [-0.4, -0.2) is 50.1 Å². The highest BCUT2D eigenvalue weighted by Crippen LogP contribution is 2.25. The Morgan fingerprint density at radius 1 is 1.11 bits per heavy atom. The van der Waals surface area contributed by atoms with E-state index in [1.165, 1.54) is 25.7 Å². The minimum atomic E-state index is -0.476. The van der Waals surface area contributed by atoms with Gasteiger partial charge in [-0.25, -0.2) is 4.79 Å². The predicted octanol–water partition coefficient (Wildman–Crippen LogP) is 5.04. The highest BCUT2D eigenvalue weighted by molar-refractivity contribution is 5.86. The van der Waals surface area contributed by atoms with Crippen LogP contribution in [0.15, 0.2) is 24.3 Å². The van der Waals surface area contributed by atoms with E-state index in [1.54, 1.807) is 0 Å². The molecule has 1 N–H and O–H groups in total. The van der Waals surface area contributed by atoms with E-state index in [9.17, 15) is 4.79 Å². The molecule has 1 aromatic carbocycles. The number of carbonyl (C=O) groups excluding carboxylic acids is 1. The molecule has 1 heterocycles. The number of likely N-dealkylation sites (tertiary alicyclic amines) is 1. The second kappa shape index (κ2) is 13.4. The lowest BCUT2D eigenvalue weighted by atomic mass is 10.2. The van der Waals surface area contributed by atoms with Gasteiger partial charge in [-0.2, -0.15) is 0 Å². The van der Waals surface area contributed by atoms with Crippen molar-refractivity contribution < 1.29 is 19.0 Å². The lowest BCUT2D eigenvalue weighted by Gasteiger charge is -2.27. The van der Waals surface area contributed by atoms with E-state index in [-0.39, 0.29) is 6.23 Å². The summed E-state index contributed by atoms with van der Waals surface area (Å²) < 4.78 is 17.0. The fourth-order valence-electron chi connectivity index (χ4n) is 3.31. The van der Waals surface area contributed by atoms with E-state index >= 15 is 0 Å². The monoisotopic (exact) mass is 392 g/mol. The molecule has 28 heavy (non-hydrogen) atoms. The predicted molar refractivity (Wildman–Crippen MR) is 112 cm³/mol. The number of carbonyl (C=O) groups is 1. The van der Waals surface area contributed by atoms with Crippen LogP contribution in [0.5, 0.6) is 5.75 Å². The number of rotatable bonds is 13. The molecule has 1 aliphatic rings. The first-order chi connectivity index (χ1) is 13.7. The molecular formula is C22H36N2O4. The molecule has 6 nitrogen and oxygen atoms in total. The van der Waals surface area contributed by atoms with Gasteiger partial charge in [-0.05, 0) is 38.3 Å². The molecule has 158 valence electrons. The number of ether oxygens (including phenoxy) is 3. The fraction of sp³-hybridized carbons (Fsp3) is 0.682. The van der Waals surface area contributed by atoms with Gasteiger partial charge in [0.1, 0.15) is 5.75 Å². The summed E-state index contributed by atoms with van der Waals surface area (Å²) in [5, 5.41) is 2.83. The lowest BCUT2D eigenvalue weighted by molar-refractivity contribution is -0.0507. The summed E-state index contributed by atoms with van der Waals surface area (Å²) in [6.07, 6.45) is 7.35. The number of hydrogen-bond acceptors (Lipinski definition) is 5. The van der Waals surface area contributed by atoms with Crippen molar-refractivity contribution in [1.82, 2.24) is 4.90 Å². The number of unbranched alkanes of at least 4 members (excludes halogenated alkanes) is 4. The molecule has 0 spiro atoms. The number of nitrogens with zero attached hydrogens (tertiary/aromatic N) is 1. The minimum absolute atomic E-state index is 0.353. The third kappa shape index (κ3) is 8.07. The van der Waals surface area contributed by atoms with Gasteiger partial charge in [-0.1, -0.05) is 44.7 Å². The highest BCUT2D eigenvalue weighted by Gasteiger charge is 2.25. The first-order valence-electron chi connectivity index (χ1n) is 10.8. The lowest BCUT2D eigenvalue weighted by Crippen LogP contribution is -2.41. The molecule has 0 aromatic heterocycles. The second-order valence-corrected chi connectivity index (χ2v) is 7.15. The van der Waals surface area contributed by atoms with Crippen LogP contribution in [0.4, 0.5) is 10.5 Å². The third-order valence-electron chi connectivity index (χ3n) is 4.88. The van der Waals surface area contributed by atoms with Gasteiger partial charge in [-0.3, -0.25) is 10.2 Å². The average molecular weight is 393 g/mol. The Hall–Kier alpha value is -1.79. The average Bonchev–Trinajstić information content (AvgIpc) is 3.23. The van der Waals surface area contributed by atoms with E-state index in [0.717, 1.165) is 32.4 Å². The SMILES string of the molecule is CCCCCCCOc1ccccc1NC(=O)OC(COCC)N1CCCC1. The Balaban J connectivity index is 1.84. The van der Waals surface area contributed by atoms with Crippen LogP contribution < -0.4 is 10.1 Å². The summed E-state index contributed by atoms with van der Waals surface area (Å²) >= 11 is 0. The van der Waals surface area contributed by atoms with Crippen LogP contribution in [0.2, 0.25) is 0 Å². The molecule has 0 radical (unpaired) electrons. The number of anilines is 1. The van der Waals surface area contributed by atoms with E-state index < -0.39 is 6.09 Å². The van der Waals surface area contributed by atoms with Gasteiger partial charge in [0.2, 0.25) is 0 Å². The van der Waals surface area contributed by atoms with Crippen LogP contribution in [0.25, 0.3) is 0 Å². The molecule has 0 bridgehead atoms. The summed E-state index contributed by atoms with van der Waals surface area (Å²) in [7, 11) is 0. The van der Waals surface area contributed by atoms with Crippen LogP contribution in [0.1, 0.15) is 58.8 Å². The van der Waals surface area contributed by atoms with E-state index in [4.69, 9.17) is 14.2 Å². The van der Waals surface area contributed by atoms with E-state index in [0.29, 0.717) is 31.3 Å². The minimum Gasteiger partial charge on any atom is -0.491 e. The zero-order valence-electron chi connectivity index (χ0n) is 17.5. The summed E-state index contributed by atoms with van der Waals surface area (Å²) in [6.45, 7) is 7.66. The van der Waals surface area contributed by atoms with Crippen molar-refractivity contribution >= 4 is 11.8 Å². The molecule has 6 heteroatoms. The zero-order valence-corrected chi connectivity index (χ0v) is 17.5. The number of hydrogen-bond donors (Lipinski definition) is 1. The van der Waals surface area contributed by atoms with Gasteiger partial charge < -0.3 is 14.2 Å². The van der Waals surface area contributed by atoms with Crippen LogP contribution in [0, 0.1) is 0 Å². The highest BCUT2D eigenvalue weighted by atomic mass is 16.6. The summed E-state index contributed by atoms with van der Waals surface area (Å²) in [4.78, 5) is 14.6. The van der Waals surface area contributed by atoms with Crippen LogP contribution in [0.3, 0.4) is 0 Å². The molecule has 1 fully saturated rings. The van der Waals surface area contributed by atoms with Gasteiger partial charge in [-0.15, -0.1) is 0 Å². The van der Waals surface area contributed by atoms with Crippen LogP contribution in [-0.2, 0) is 9.47 Å². The van der Waals surface area contributed by atoms with Crippen molar-refractivity contribution in [3.05, 3.63) is 24.3 Å². The van der Waals surface area contributed by atoms with Gasteiger partial charge in [0, 0.05) is 19.7 Å². The Morgan fingerprint density at radius 3 is 2.61 bits per heavy atom. The maximum Gasteiger partial charge on any atom is 0.413 e. The quantitative estimate of drug-likeness (QED) is 0.476. The van der Waals surface area contributed by atoms with Crippen molar-refractivity contribution in [2.75, 3.05) is 38.2 Å². The van der Waals surface area contributed by atoms with Gasteiger partial charge in [0.15, 0.2) is 6.23 Å². The summed E-state index contributed by atoms with van der Waals surface area (Å²) in [5.41, 5.74) is 0.637. The molecule has 1 saturated heterocycles. The van der Waals surface area contributed by atoms with Gasteiger partial charge in [0.05, 0.1) is 18.9 Å². The molecule has 2 rings (SSSR count). The van der Waals surface area contributed by atoms with E-state index in [2.05, 4.69) is 17.1 Å². The van der Waals surface area contributed by atoms with Gasteiger partial charge >= 0.3 is 6.09 Å². The van der Waals surface area contributed by atoms with Gasteiger partial charge in [0.25, 0.3) is 0 Å². The Morgan fingerprint density at radius 2 is 1.86 bits per heavy atom. The molecule has 0 aliphatic carbocycles. The molecule has 1 unspecified atom stereocenters. The van der Waals surface area contributed by atoms with Crippen molar-refractivity contribution in [2.24, 2.45) is 0 Å².